The van der Waals surface area contributed by atoms with E-state index < -0.39 is 10.8 Å². The SMILES string of the molecule is COc1ccc(NC(=O)c2c(C)noc2C)cc1[N+](=O)[O-]. The minimum atomic E-state index is -0.579. The summed E-state index contributed by atoms with van der Waals surface area (Å²) in [5.41, 5.74) is 0.822. The van der Waals surface area contributed by atoms with E-state index in [0.29, 0.717) is 17.0 Å². The third-order valence-corrected chi connectivity index (χ3v) is 2.89. The molecule has 0 fully saturated rings. The van der Waals surface area contributed by atoms with Crippen LogP contribution in [0.3, 0.4) is 0 Å². The van der Waals surface area contributed by atoms with Crippen molar-refractivity contribution < 1.29 is 19.0 Å². The van der Waals surface area contributed by atoms with Crippen LogP contribution in [-0.4, -0.2) is 23.1 Å². The lowest BCUT2D eigenvalue weighted by atomic mass is 10.2. The van der Waals surface area contributed by atoms with Crippen molar-refractivity contribution in [3.8, 4) is 5.75 Å². The number of nitrogens with one attached hydrogen (secondary N) is 1. The van der Waals surface area contributed by atoms with Crippen LogP contribution in [0, 0.1) is 24.0 Å². The Morgan fingerprint density at radius 1 is 1.43 bits per heavy atom. The third kappa shape index (κ3) is 2.83. The molecule has 1 aromatic heterocycles. The first-order valence-electron chi connectivity index (χ1n) is 6.00. The summed E-state index contributed by atoms with van der Waals surface area (Å²) in [6.07, 6.45) is 0. The fourth-order valence-electron chi connectivity index (χ4n) is 1.91. The molecule has 0 saturated heterocycles. The molecule has 0 spiro atoms. The Morgan fingerprint density at radius 2 is 2.14 bits per heavy atom. The zero-order chi connectivity index (χ0) is 15.6. The lowest BCUT2D eigenvalue weighted by Gasteiger charge is -2.07. The highest BCUT2D eigenvalue weighted by atomic mass is 16.6. The Bertz CT molecular complexity index is 688. The van der Waals surface area contributed by atoms with Gasteiger partial charge < -0.3 is 14.6 Å². The summed E-state index contributed by atoms with van der Waals surface area (Å²) in [6.45, 7) is 3.26. The maximum absolute atomic E-state index is 12.1. The molecule has 0 aliphatic rings. The van der Waals surface area contributed by atoms with Crippen molar-refractivity contribution in [1.82, 2.24) is 5.16 Å². The number of nitrogens with zero attached hydrogens (tertiary/aromatic N) is 2. The number of methoxy groups -OCH3 is 1. The summed E-state index contributed by atoms with van der Waals surface area (Å²) in [7, 11) is 1.34. The number of carbonyl (C=O) groups excluding carboxylic acids is 1. The Hall–Kier alpha value is -2.90. The first-order chi connectivity index (χ1) is 9.93. The molecule has 0 aliphatic carbocycles. The molecule has 0 unspecified atom stereocenters. The average Bonchev–Trinajstić information content (AvgIpc) is 2.78. The van der Waals surface area contributed by atoms with Gasteiger partial charge in [-0.1, -0.05) is 5.16 Å². The number of aryl methyl sites for hydroxylation is 2. The van der Waals surface area contributed by atoms with Crippen molar-refractivity contribution in [3.05, 3.63) is 45.3 Å². The molecular weight excluding hydrogens is 278 g/mol. The summed E-state index contributed by atoms with van der Waals surface area (Å²) in [6, 6.07) is 4.16. The monoisotopic (exact) mass is 291 g/mol. The van der Waals surface area contributed by atoms with Crippen LogP contribution >= 0.6 is 0 Å². The topological polar surface area (TPSA) is 108 Å². The first-order valence-corrected chi connectivity index (χ1v) is 6.00. The molecule has 2 rings (SSSR count). The largest absolute Gasteiger partial charge is 0.490 e. The van der Waals surface area contributed by atoms with E-state index in [2.05, 4.69) is 10.5 Å². The molecule has 0 atom stereocenters. The fraction of sp³-hybridized carbons (Fsp3) is 0.231. The number of aromatic nitrogens is 1. The standard InChI is InChI=1S/C13H13N3O5/c1-7-12(8(2)21-15-7)13(17)14-9-4-5-11(20-3)10(6-9)16(18)19/h4-6H,1-3H3,(H,14,17). The Kier molecular flexibility index (Phi) is 3.88. The van der Waals surface area contributed by atoms with Gasteiger partial charge in [-0.3, -0.25) is 14.9 Å². The second-order valence-electron chi connectivity index (χ2n) is 4.30. The first kappa shape index (κ1) is 14.5. The number of amides is 1. The smallest absolute Gasteiger partial charge is 0.312 e. The normalized spacial score (nSPS) is 10.2. The predicted molar refractivity (Wildman–Crippen MR) is 73.6 cm³/mol. The summed E-state index contributed by atoms with van der Waals surface area (Å²) in [5, 5.41) is 17.2. The molecule has 2 aromatic rings. The number of ether oxygens (including phenoxy) is 1. The van der Waals surface area contributed by atoms with Crippen molar-refractivity contribution in [2.45, 2.75) is 13.8 Å². The van der Waals surface area contributed by atoms with Crippen LogP contribution in [-0.2, 0) is 0 Å². The lowest BCUT2D eigenvalue weighted by Crippen LogP contribution is -2.13. The van der Waals surface area contributed by atoms with E-state index in [4.69, 9.17) is 9.26 Å². The third-order valence-electron chi connectivity index (χ3n) is 2.89. The van der Waals surface area contributed by atoms with Crippen LogP contribution in [0.5, 0.6) is 5.75 Å². The lowest BCUT2D eigenvalue weighted by molar-refractivity contribution is -0.385. The van der Waals surface area contributed by atoms with E-state index in [9.17, 15) is 14.9 Å². The van der Waals surface area contributed by atoms with Crippen LogP contribution in [0.4, 0.5) is 11.4 Å². The van der Waals surface area contributed by atoms with E-state index in [1.807, 2.05) is 0 Å². The minimum Gasteiger partial charge on any atom is -0.490 e. The van der Waals surface area contributed by atoms with Crippen LogP contribution in [0.2, 0.25) is 0 Å². The quantitative estimate of drug-likeness (QED) is 0.684. The highest BCUT2D eigenvalue weighted by Crippen LogP contribution is 2.30. The number of nitro groups is 1. The second kappa shape index (κ2) is 5.61. The van der Waals surface area contributed by atoms with Crippen LogP contribution < -0.4 is 10.1 Å². The van der Waals surface area contributed by atoms with Gasteiger partial charge in [0.05, 0.1) is 17.7 Å². The molecular formula is C13H13N3O5. The van der Waals surface area contributed by atoms with Gasteiger partial charge in [0.15, 0.2) is 5.75 Å². The van der Waals surface area contributed by atoms with E-state index in [1.165, 1.54) is 25.3 Å². The molecule has 1 aromatic carbocycles. The maximum atomic E-state index is 12.1. The summed E-state index contributed by atoms with van der Waals surface area (Å²) in [4.78, 5) is 22.5. The molecule has 0 aliphatic heterocycles. The highest BCUT2D eigenvalue weighted by molar-refractivity contribution is 6.05. The highest BCUT2D eigenvalue weighted by Gasteiger charge is 2.20. The zero-order valence-electron chi connectivity index (χ0n) is 11.7. The van der Waals surface area contributed by atoms with Gasteiger partial charge in [-0.15, -0.1) is 0 Å². The maximum Gasteiger partial charge on any atom is 0.312 e. The summed E-state index contributed by atoms with van der Waals surface area (Å²) < 4.78 is 9.81. The number of benzene rings is 1. The van der Waals surface area contributed by atoms with Gasteiger partial charge >= 0.3 is 5.69 Å². The molecule has 8 heteroatoms. The molecule has 0 radical (unpaired) electrons. The van der Waals surface area contributed by atoms with Gasteiger partial charge in [-0.2, -0.15) is 0 Å². The van der Waals surface area contributed by atoms with Crippen LogP contribution in [0.25, 0.3) is 0 Å². The molecule has 21 heavy (non-hydrogen) atoms. The molecule has 0 bridgehead atoms. The van der Waals surface area contributed by atoms with Gasteiger partial charge in [0.25, 0.3) is 5.91 Å². The van der Waals surface area contributed by atoms with Crippen molar-refractivity contribution in [3.63, 3.8) is 0 Å². The van der Waals surface area contributed by atoms with E-state index in [-0.39, 0.29) is 17.1 Å². The van der Waals surface area contributed by atoms with Gasteiger partial charge in [-0.25, -0.2) is 0 Å². The number of anilines is 1. The predicted octanol–water partition coefficient (Wildman–Crippen LogP) is 2.46. The van der Waals surface area contributed by atoms with Gasteiger partial charge in [0, 0.05) is 11.8 Å². The van der Waals surface area contributed by atoms with Crippen molar-refractivity contribution >= 4 is 17.3 Å². The van der Waals surface area contributed by atoms with Gasteiger partial charge in [0.1, 0.15) is 11.3 Å². The van der Waals surface area contributed by atoms with Crippen molar-refractivity contribution in [2.24, 2.45) is 0 Å². The molecule has 0 saturated carbocycles. The van der Waals surface area contributed by atoms with Gasteiger partial charge in [-0.05, 0) is 26.0 Å². The zero-order valence-corrected chi connectivity index (χ0v) is 11.7. The molecule has 110 valence electrons. The van der Waals surface area contributed by atoms with E-state index in [0.717, 1.165) is 0 Å². The second-order valence-corrected chi connectivity index (χ2v) is 4.30. The van der Waals surface area contributed by atoms with E-state index in [1.54, 1.807) is 13.8 Å². The van der Waals surface area contributed by atoms with Crippen LogP contribution in [0.1, 0.15) is 21.8 Å². The van der Waals surface area contributed by atoms with Crippen molar-refractivity contribution in [1.29, 1.82) is 0 Å². The molecule has 1 amide bonds. The Labute approximate surface area is 119 Å². The number of hydrogen-bond acceptors (Lipinski definition) is 6. The Morgan fingerprint density at radius 3 is 2.67 bits per heavy atom. The van der Waals surface area contributed by atoms with Gasteiger partial charge in [0.2, 0.25) is 0 Å². The van der Waals surface area contributed by atoms with Crippen LogP contribution in [0.15, 0.2) is 22.7 Å². The fourth-order valence-corrected chi connectivity index (χ4v) is 1.91. The molecule has 1 heterocycles. The summed E-state index contributed by atoms with van der Waals surface area (Å²) >= 11 is 0. The number of nitro benzene ring substituents is 1. The minimum absolute atomic E-state index is 0.121. The van der Waals surface area contributed by atoms with Crippen molar-refractivity contribution in [2.75, 3.05) is 12.4 Å². The number of hydrogen-bond donors (Lipinski definition) is 1. The number of carbonyl (C=O) groups is 1. The molecule has 8 nitrogen and oxygen atoms in total. The van der Waals surface area contributed by atoms with E-state index >= 15 is 0 Å². The summed E-state index contributed by atoms with van der Waals surface area (Å²) in [5.74, 6) is 0.0639. The average molecular weight is 291 g/mol. The Balaban J connectivity index is 2.30. The molecule has 1 N–H and O–H groups in total. The number of rotatable bonds is 4.